The summed E-state index contributed by atoms with van der Waals surface area (Å²) in [5, 5.41) is 3.00. The minimum atomic E-state index is -0.613. The Morgan fingerprint density at radius 3 is 2.41 bits per heavy atom. The molecular formula is C26H35N3O5. The van der Waals surface area contributed by atoms with E-state index in [2.05, 4.69) is 10.2 Å². The standard InChI is InChI=1S/C26H35N3O5/c1-20(26(31)27-11-12-28-13-15-34-16-14-28)29(19-21-7-5-4-6-8-21)25(30)18-22-9-10-23(32-2)24(17-22)33-3/h4-10,17,20H,11-16,18-19H2,1-3H3,(H,27,31). The number of benzene rings is 2. The topological polar surface area (TPSA) is 80.3 Å². The maximum atomic E-state index is 13.4. The fraction of sp³-hybridized carbons (Fsp3) is 0.462. The summed E-state index contributed by atoms with van der Waals surface area (Å²) < 4.78 is 16.0. The van der Waals surface area contributed by atoms with Gasteiger partial charge in [-0.05, 0) is 30.2 Å². The molecule has 1 atom stereocenters. The van der Waals surface area contributed by atoms with Crippen LogP contribution < -0.4 is 14.8 Å². The zero-order valence-electron chi connectivity index (χ0n) is 20.3. The van der Waals surface area contributed by atoms with Gasteiger partial charge < -0.3 is 24.4 Å². The van der Waals surface area contributed by atoms with Crippen molar-refractivity contribution in [3.05, 3.63) is 59.7 Å². The fourth-order valence-electron chi connectivity index (χ4n) is 3.94. The van der Waals surface area contributed by atoms with Crippen LogP contribution in [0.25, 0.3) is 0 Å². The van der Waals surface area contributed by atoms with Crippen LogP contribution in [0.5, 0.6) is 11.5 Å². The molecule has 1 N–H and O–H groups in total. The fourth-order valence-corrected chi connectivity index (χ4v) is 3.94. The van der Waals surface area contributed by atoms with Gasteiger partial charge in [0.15, 0.2) is 11.5 Å². The SMILES string of the molecule is COc1ccc(CC(=O)N(Cc2ccccc2)C(C)C(=O)NCCN2CCOCC2)cc1OC. The molecule has 0 aromatic heterocycles. The summed E-state index contributed by atoms with van der Waals surface area (Å²) in [5.41, 5.74) is 1.76. The third-order valence-electron chi connectivity index (χ3n) is 6.00. The zero-order chi connectivity index (χ0) is 24.3. The predicted octanol–water partition coefficient (Wildman–Crippen LogP) is 2.11. The Balaban J connectivity index is 1.68. The van der Waals surface area contributed by atoms with Gasteiger partial charge in [0.05, 0.1) is 33.9 Å². The lowest BCUT2D eigenvalue weighted by molar-refractivity contribution is -0.140. The molecule has 1 heterocycles. The lowest BCUT2D eigenvalue weighted by atomic mass is 10.1. The average Bonchev–Trinajstić information content (AvgIpc) is 2.87. The van der Waals surface area contributed by atoms with Gasteiger partial charge >= 0.3 is 0 Å². The van der Waals surface area contributed by atoms with E-state index < -0.39 is 6.04 Å². The summed E-state index contributed by atoms with van der Waals surface area (Å²) in [4.78, 5) is 30.3. The van der Waals surface area contributed by atoms with Crippen LogP contribution in [0.15, 0.2) is 48.5 Å². The molecule has 8 nitrogen and oxygen atoms in total. The number of amides is 2. The Kier molecular flexibility index (Phi) is 9.73. The Bertz CT molecular complexity index is 931. The lowest BCUT2D eigenvalue weighted by Gasteiger charge is -2.30. The molecular weight excluding hydrogens is 434 g/mol. The highest BCUT2D eigenvalue weighted by Gasteiger charge is 2.26. The van der Waals surface area contributed by atoms with Crippen molar-refractivity contribution in [1.29, 1.82) is 0 Å². The lowest BCUT2D eigenvalue weighted by Crippen LogP contribution is -2.49. The van der Waals surface area contributed by atoms with Crippen molar-refractivity contribution in [2.24, 2.45) is 0 Å². The van der Waals surface area contributed by atoms with E-state index in [0.29, 0.717) is 24.6 Å². The van der Waals surface area contributed by atoms with Crippen molar-refractivity contribution in [3.63, 3.8) is 0 Å². The van der Waals surface area contributed by atoms with E-state index in [-0.39, 0.29) is 18.2 Å². The first-order valence-corrected chi connectivity index (χ1v) is 11.6. The Morgan fingerprint density at radius 1 is 1.03 bits per heavy atom. The summed E-state index contributed by atoms with van der Waals surface area (Å²) in [6.45, 7) is 6.61. The molecule has 1 aliphatic heterocycles. The molecule has 2 aromatic rings. The molecule has 34 heavy (non-hydrogen) atoms. The van der Waals surface area contributed by atoms with Gasteiger partial charge in [-0.25, -0.2) is 0 Å². The van der Waals surface area contributed by atoms with Gasteiger partial charge in [0, 0.05) is 32.7 Å². The van der Waals surface area contributed by atoms with E-state index in [1.165, 1.54) is 0 Å². The number of hydrogen-bond acceptors (Lipinski definition) is 6. The van der Waals surface area contributed by atoms with Gasteiger partial charge in [-0.3, -0.25) is 14.5 Å². The Morgan fingerprint density at radius 2 is 1.74 bits per heavy atom. The normalized spacial score (nSPS) is 14.8. The molecule has 0 aliphatic carbocycles. The third-order valence-corrected chi connectivity index (χ3v) is 6.00. The van der Waals surface area contributed by atoms with Gasteiger partial charge in [0.25, 0.3) is 0 Å². The number of carbonyl (C=O) groups excluding carboxylic acids is 2. The summed E-state index contributed by atoms with van der Waals surface area (Å²) in [7, 11) is 3.14. The average molecular weight is 470 g/mol. The number of morpholine rings is 1. The number of nitrogens with zero attached hydrogens (tertiary/aromatic N) is 2. The molecule has 2 aromatic carbocycles. The smallest absolute Gasteiger partial charge is 0.242 e. The third kappa shape index (κ3) is 7.20. The molecule has 3 rings (SSSR count). The van der Waals surface area contributed by atoms with Crippen LogP contribution in [0.3, 0.4) is 0 Å². The predicted molar refractivity (Wildman–Crippen MR) is 130 cm³/mol. The van der Waals surface area contributed by atoms with E-state index in [1.54, 1.807) is 38.2 Å². The maximum Gasteiger partial charge on any atom is 0.242 e. The first-order chi connectivity index (χ1) is 16.5. The van der Waals surface area contributed by atoms with Crippen LogP contribution in [-0.2, 0) is 27.3 Å². The number of methoxy groups -OCH3 is 2. The number of nitrogens with one attached hydrogen (secondary N) is 1. The van der Waals surface area contributed by atoms with Crippen LogP contribution >= 0.6 is 0 Å². The highest BCUT2D eigenvalue weighted by molar-refractivity contribution is 5.88. The van der Waals surface area contributed by atoms with Crippen molar-refractivity contribution in [1.82, 2.24) is 15.1 Å². The quantitative estimate of drug-likeness (QED) is 0.543. The van der Waals surface area contributed by atoms with Gasteiger partial charge in [-0.1, -0.05) is 36.4 Å². The highest BCUT2D eigenvalue weighted by Crippen LogP contribution is 2.28. The van der Waals surface area contributed by atoms with E-state index in [0.717, 1.165) is 44.0 Å². The molecule has 1 unspecified atom stereocenters. The van der Waals surface area contributed by atoms with Crippen molar-refractivity contribution in [2.75, 3.05) is 53.6 Å². The van der Waals surface area contributed by atoms with Crippen molar-refractivity contribution in [3.8, 4) is 11.5 Å². The Labute approximate surface area is 201 Å². The molecule has 184 valence electrons. The number of carbonyl (C=O) groups is 2. The zero-order valence-corrected chi connectivity index (χ0v) is 20.3. The molecule has 0 spiro atoms. The van der Waals surface area contributed by atoms with E-state index in [9.17, 15) is 9.59 Å². The van der Waals surface area contributed by atoms with E-state index >= 15 is 0 Å². The van der Waals surface area contributed by atoms with Crippen LogP contribution in [0.2, 0.25) is 0 Å². The van der Waals surface area contributed by atoms with Crippen LogP contribution in [0, 0.1) is 0 Å². The minimum absolute atomic E-state index is 0.132. The summed E-state index contributed by atoms with van der Waals surface area (Å²) in [5.74, 6) is 0.876. The second-order valence-corrected chi connectivity index (χ2v) is 8.29. The van der Waals surface area contributed by atoms with Crippen molar-refractivity contribution in [2.45, 2.75) is 25.9 Å². The maximum absolute atomic E-state index is 13.4. The first-order valence-electron chi connectivity index (χ1n) is 11.6. The number of ether oxygens (including phenoxy) is 3. The monoisotopic (exact) mass is 469 g/mol. The molecule has 8 heteroatoms. The van der Waals surface area contributed by atoms with Crippen LogP contribution in [0.4, 0.5) is 0 Å². The van der Waals surface area contributed by atoms with Crippen LogP contribution in [0.1, 0.15) is 18.1 Å². The molecule has 2 amide bonds. The number of hydrogen-bond donors (Lipinski definition) is 1. The second kappa shape index (κ2) is 13.0. The summed E-state index contributed by atoms with van der Waals surface area (Å²) in [6, 6.07) is 14.5. The van der Waals surface area contributed by atoms with Crippen molar-refractivity contribution >= 4 is 11.8 Å². The first kappa shape index (κ1) is 25.5. The minimum Gasteiger partial charge on any atom is -0.493 e. The number of rotatable bonds is 11. The molecule has 0 radical (unpaired) electrons. The summed E-state index contributed by atoms with van der Waals surface area (Å²) >= 11 is 0. The van der Waals surface area contributed by atoms with E-state index in [4.69, 9.17) is 14.2 Å². The largest absolute Gasteiger partial charge is 0.493 e. The van der Waals surface area contributed by atoms with Crippen LogP contribution in [-0.4, -0.2) is 81.3 Å². The second-order valence-electron chi connectivity index (χ2n) is 8.29. The van der Waals surface area contributed by atoms with Crippen molar-refractivity contribution < 1.29 is 23.8 Å². The molecule has 0 saturated carbocycles. The van der Waals surface area contributed by atoms with Gasteiger partial charge in [-0.2, -0.15) is 0 Å². The van der Waals surface area contributed by atoms with Gasteiger partial charge in [0.2, 0.25) is 11.8 Å². The molecule has 0 bridgehead atoms. The molecule has 1 fully saturated rings. The highest BCUT2D eigenvalue weighted by atomic mass is 16.5. The van der Waals surface area contributed by atoms with E-state index in [1.807, 2.05) is 36.4 Å². The van der Waals surface area contributed by atoms with Gasteiger partial charge in [-0.15, -0.1) is 0 Å². The van der Waals surface area contributed by atoms with Gasteiger partial charge in [0.1, 0.15) is 6.04 Å². The molecule has 1 aliphatic rings. The Hall–Kier alpha value is -3.10. The molecule has 1 saturated heterocycles. The summed E-state index contributed by atoms with van der Waals surface area (Å²) in [6.07, 6.45) is 0.151.